The topological polar surface area (TPSA) is 19.6 Å². The number of furan rings is 1. The van der Waals surface area contributed by atoms with Crippen molar-refractivity contribution < 1.29 is 4.42 Å². The summed E-state index contributed by atoms with van der Waals surface area (Å²) in [6.07, 6.45) is 7.26. The summed E-state index contributed by atoms with van der Waals surface area (Å²) < 4.78 is 6.69. The molecule has 3 atom stereocenters. The normalized spacial score (nSPS) is 20.9. The Labute approximate surface area is 474 Å². The minimum atomic E-state index is -0.0149. The van der Waals surface area contributed by atoms with Gasteiger partial charge in [0.2, 0.25) is 6.71 Å². The highest BCUT2D eigenvalue weighted by atomic mass is 16.3. The van der Waals surface area contributed by atoms with E-state index in [1.54, 1.807) is 16.7 Å². The minimum absolute atomic E-state index is 0.000433. The average Bonchev–Trinajstić information content (AvgIpc) is 4.15. The Morgan fingerprint density at radius 1 is 0.537 bits per heavy atom. The van der Waals surface area contributed by atoms with Crippen molar-refractivity contribution in [3.05, 3.63) is 221 Å². The van der Waals surface area contributed by atoms with Gasteiger partial charge < -0.3 is 14.2 Å². The van der Waals surface area contributed by atoms with Gasteiger partial charge in [-0.05, 0) is 187 Å². The Balaban J connectivity index is 1.07. The van der Waals surface area contributed by atoms with E-state index >= 15 is 0 Å². The molecular weight excluding hydrogens is 968 g/mol. The first kappa shape index (κ1) is 49.5. The molecule has 5 aliphatic rings. The van der Waals surface area contributed by atoms with Crippen molar-refractivity contribution in [1.29, 1.82) is 0 Å². The number of rotatable bonds is 6. The summed E-state index contributed by atoms with van der Waals surface area (Å²) in [5, 5.41) is 2.23. The number of aryl methyl sites for hydroxylation is 1. The first-order valence-electron chi connectivity index (χ1n) is 29.8. The van der Waals surface area contributed by atoms with Crippen LogP contribution in [0.1, 0.15) is 146 Å². The average molecular weight is 1040 g/mol. The van der Waals surface area contributed by atoms with Crippen molar-refractivity contribution in [3.8, 4) is 22.3 Å². The van der Waals surface area contributed by atoms with Crippen molar-refractivity contribution in [2.45, 2.75) is 135 Å². The van der Waals surface area contributed by atoms with Crippen molar-refractivity contribution in [2.24, 2.45) is 5.41 Å². The monoisotopic (exact) mass is 1040 g/mol. The quantitative estimate of drug-likeness (QED) is 0.155. The third-order valence-corrected chi connectivity index (χ3v) is 20.9. The van der Waals surface area contributed by atoms with E-state index in [4.69, 9.17) is 4.42 Å². The summed E-state index contributed by atoms with van der Waals surface area (Å²) in [7, 11) is 0. The molecule has 0 saturated heterocycles. The lowest BCUT2D eigenvalue weighted by atomic mass is 9.30. The van der Waals surface area contributed by atoms with Gasteiger partial charge in [0.25, 0.3) is 0 Å². The molecule has 1 aromatic heterocycles. The molecular formula is C76H73BN2O. The molecule has 0 amide bonds. The van der Waals surface area contributed by atoms with Crippen LogP contribution in [-0.2, 0) is 21.7 Å². The molecule has 80 heavy (non-hydrogen) atoms. The summed E-state index contributed by atoms with van der Waals surface area (Å²) in [5.41, 5.74) is 28.8. The molecule has 15 rings (SSSR count). The van der Waals surface area contributed by atoms with E-state index in [2.05, 4.69) is 261 Å². The third kappa shape index (κ3) is 7.05. The van der Waals surface area contributed by atoms with Crippen molar-refractivity contribution in [1.82, 2.24) is 0 Å². The molecule has 4 heteroatoms. The molecule has 9 aromatic carbocycles. The predicted octanol–water partition coefficient (Wildman–Crippen LogP) is 18.9. The van der Waals surface area contributed by atoms with Crippen LogP contribution in [0.2, 0.25) is 0 Å². The summed E-state index contributed by atoms with van der Waals surface area (Å²) in [5.74, 6) is 0.281. The standard InChI is InChI=1S/C76H73BN2O/c1-47-40-56-70-69-59(75(9)36-19-20-37-76(70,75)10)42-50(48-22-13-11-14-23-48)43-61(69)77-60-35-34-53(78(52-32-30-51(31-33-52)72(2,3)4)62-27-21-29-67-68(62)54-26-17-18-28-66(54)80-67)44-64(60)79(65(41-47)71(56)77)63-46-58-57(73(5,6)38-39-74(58,7)8)45-55(63)49-24-15-12-16-25-49/h11-18,21-35,40-46,70H,19-20,36-39H2,1-10H3. The van der Waals surface area contributed by atoms with Crippen LogP contribution in [0.5, 0.6) is 0 Å². The van der Waals surface area contributed by atoms with Gasteiger partial charge in [0, 0.05) is 39.6 Å². The number of anilines is 6. The van der Waals surface area contributed by atoms with Crippen LogP contribution < -0.4 is 26.2 Å². The van der Waals surface area contributed by atoms with Crippen LogP contribution in [0.15, 0.2) is 186 Å². The van der Waals surface area contributed by atoms with E-state index in [0.29, 0.717) is 0 Å². The van der Waals surface area contributed by atoms with E-state index in [1.165, 1.54) is 104 Å². The zero-order valence-electron chi connectivity index (χ0n) is 48.5. The fourth-order valence-electron chi connectivity index (χ4n) is 16.4. The molecule has 0 radical (unpaired) electrons. The second kappa shape index (κ2) is 17.2. The van der Waals surface area contributed by atoms with Crippen LogP contribution in [0.25, 0.3) is 44.2 Å². The lowest BCUT2D eigenvalue weighted by Crippen LogP contribution is -2.62. The number of nitrogens with zero attached hydrogens (tertiary/aromatic N) is 2. The first-order valence-corrected chi connectivity index (χ1v) is 29.8. The summed E-state index contributed by atoms with van der Waals surface area (Å²) >= 11 is 0. The molecule has 3 aliphatic carbocycles. The van der Waals surface area contributed by atoms with Crippen molar-refractivity contribution in [3.63, 3.8) is 0 Å². The van der Waals surface area contributed by atoms with Gasteiger partial charge in [-0.25, -0.2) is 0 Å². The summed E-state index contributed by atoms with van der Waals surface area (Å²) in [4.78, 5) is 5.28. The molecule has 0 N–H and O–H groups in total. The maximum atomic E-state index is 6.69. The number of para-hydroxylation sites is 1. The van der Waals surface area contributed by atoms with Gasteiger partial charge in [-0.2, -0.15) is 0 Å². The van der Waals surface area contributed by atoms with Crippen molar-refractivity contribution in [2.75, 3.05) is 9.80 Å². The minimum Gasteiger partial charge on any atom is -0.456 e. The first-order chi connectivity index (χ1) is 38.4. The number of hydrogen-bond acceptors (Lipinski definition) is 3. The number of benzene rings is 9. The van der Waals surface area contributed by atoms with Crippen LogP contribution >= 0.6 is 0 Å². The van der Waals surface area contributed by atoms with E-state index in [1.807, 2.05) is 0 Å². The highest BCUT2D eigenvalue weighted by molar-refractivity contribution is 6.99. The van der Waals surface area contributed by atoms with E-state index in [-0.39, 0.29) is 39.7 Å². The van der Waals surface area contributed by atoms with Crippen LogP contribution in [0, 0.1) is 12.3 Å². The fourth-order valence-corrected chi connectivity index (χ4v) is 16.4. The lowest BCUT2D eigenvalue weighted by Gasteiger charge is -2.51. The van der Waals surface area contributed by atoms with Crippen LogP contribution in [-0.4, -0.2) is 6.71 Å². The maximum Gasteiger partial charge on any atom is 0.247 e. The SMILES string of the molecule is Cc1cc2c3c(c1)N(c1cc4c(cc1-c1ccccc1)C(C)(C)CCC4(C)C)c1cc(N(c4ccc(C(C)(C)C)cc4)c4cccc5oc6ccccc6c45)ccc1B3c1cc(-c3ccccc3)cc3c1C2C1(C)CCCCC31C. The number of fused-ring (bicyclic) bond motifs is 11. The molecule has 2 aliphatic heterocycles. The van der Waals surface area contributed by atoms with Crippen LogP contribution in [0.3, 0.4) is 0 Å². The molecule has 10 aromatic rings. The zero-order chi connectivity index (χ0) is 54.8. The maximum absolute atomic E-state index is 6.69. The second-order valence-corrected chi connectivity index (χ2v) is 27.5. The van der Waals surface area contributed by atoms with E-state index < -0.39 is 0 Å². The predicted molar refractivity (Wildman–Crippen MR) is 340 cm³/mol. The Morgan fingerprint density at radius 3 is 1.94 bits per heavy atom. The van der Waals surface area contributed by atoms with Gasteiger partial charge >= 0.3 is 0 Å². The molecule has 1 fully saturated rings. The molecule has 396 valence electrons. The smallest absolute Gasteiger partial charge is 0.247 e. The number of hydrogen-bond donors (Lipinski definition) is 0. The second-order valence-electron chi connectivity index (χ2n) is 27.5. The molecule has 0 bridgehead atoms. The Kier molecular flexibility index (Phi) is 10.7. The van der Waals surface area contributed by atoms with E-state index in [9.17, 15) is 0 Å². The molecule has 0 spiro atoms. The third-order valence-electron chi connectivity index (χ3n) is 20.9. The molecule has 3 heterocycles. The molecule has 1 saturated carbocycles. The Morgan fingerprint density at radius 2 is 1.20 bits per heavy atom. The fraction of sp³-hybridized carbons (Fsp3) is 0.289. The molecule has 3 nitrogen and oxygen atoms in total. The highest BCUT2D eigenvalue weighted by Gasteiger charge is 2.62. The van der Waals surface area contributed by atoms with Gasteiger partial charge in [0.05, 0.1) is 16.8 Å². The Bertz CT molecular complexity index is 4180. The zero-order valence-corrected chi connectivity index (χ0v) is 48.5. The summed E-state index contributed by atoms with van der Waals surface area (Å²) in [6.45, 7) is 24.6. The largest absolute Gasteiger partial charge is 0.456 e. The molecule has 3 unspecified atom stereocenters. The lowest BCUT2D eigenvalue weighted by molar-refractivity contribution is 0.0926. The van der Waals surface area contributed by atoms with Gasteiger partial charge in [-0.15, -0.1) is 0 Å². The van der Waals surface area contributed by atoms with Gasteiger partial charge in [0.15, 0.2) is 0 Å². The summed E-state index contributed by atoms with van der Waals surface area (Å²) in [6, 6.07) is 70.3. The Hall–Kier alpha value is -7.56. The van der Waals surface area contributed by atoms with E-state index in [0.717, 1.165) is 51.8 Å². The van der Waals surface area contributed by atoms with Crippen molar-refractivity contribution >= 4 is 79.2 Å². The van der Waals surface area contributed by atoms with Crippen LogP contribution in [0.4, 0.5) is 34.1 Å². The van der Waals surface area contributed by atoms with Gasteiger partial charge in [0.1, 0.15) is 11.2 Å². The van der Waals surface area contributed by atoms with Gasteiger partial charge in [-0.3, -0.25) is 0 Å². The highest BCUT2D eigenvalue weighted by Crippen LogP contribution is 2.68. The van der Waals surface area contributed by atoms with Gasteiger partial charge in [-0.1, -0.05) is 202 Å².